The average molecular weight is 458 g/mol. The van der Waals surface area contributed by atoms with E-state index < -0.39 is 17.8 Å². The minimum absolute atomic E-state index is 0.192. The Morgan fingerprint density at radius 2 is 1.82 bits per heavy atom. The summed E-state index contributed by atoms with van der Waals surface area (Å²) >= 11 is 1.29. The lowest BCUT2D eigenvalue weighted by Gasteiger charge is -2.26. The molecule has 5 rings (SSSR count). The maximum absolute atomic E-state index is 13.1. The summed E-state index contributed by atoms with van der Waals surface area (Å²) in [5.74, 6) is -1.18. The van der Waals surface area contributed by atoms with Crippen molar-refractivity contribution < 1.29 is 18.8 Å². The third-order valence-electron chi connectivity index (χ3n) is 5.30. The Bertz CT molecular complexity index is 1430. The van der Waals surface area contributed by atoms with Gasteiger partial charge in [0.1, 0.15) is 11.3 Å². The highest BCUT2D eigenvalue weighted by molar-refractivity contribution is 7.99. The summed E-state index contributed by atoms with van der Waals surface area (Å²) in [6, 6.07) is 15.5. The van der Waals surface area contributed by atoms with E-state index in [-0.39, 0.29) is 5.57 Å². The Morgan fingerprint density at radius 3 is 2.61 bits per heavy atom. The number of rotatable bonds is 4. The number of para-hydroxylation sites is 2. The molecule has 2 N–H and O–H groups in total. The molecule has 1 aliphatic rings. The van der Waals surface area contributed by atoms with Crippen LogP contribution in [-0.4, -0.2) is 27.8 Å². The molecule has 1 aliphatic heterocycles. The molecule has 33 heavy (non-hydrogen) atoms. The molecule has 4 aromatic rings. The molecule has 4 amide bonds. The standard InChI is InChI=1S/C24H18N4O4S/c1-13-7-8-15(11-14(13)2)28-22(30)17(21(29)27-24(28)31)12-16-9-10-20(32-16)33-23-25-18-5-3-4-6-19(18)26-23/h3-12H,1-2H3,(H,25,26)(H,27,29,31)/b17-12+. The fourth-order valence-electron chi connectivity index (χ4n) is 3.44. The maximum Gasteiger partial charge on any atom is 0.335 e. The number of nitrogens with one attached hydrogen (secondary N) is 2. The van der Waals surface area contributed by atoms with E-state index >= 15 is 0 Å². The number of aromatic nitrogens is 2. The lowest BCUT2D eigenvalue weighted by molar-refractivity contribution is -0.122. The van der Waals surface area contributed by atoms with Crippen molar-refractivity contribution in [3.05, 3.63) is 77.1 Å². The Kier molecular flexibility index (Phi) is 5.10. The van der Waals surface area contributed by atoms with Crippen LogP contribution in [0.15, 0.2) is 74.8 Å². The van der Waals surface area contributed by atoms with Crippen LogP contribution in [-0.2, 0) is 9.59 Å². The van der Waals surface area contributed by atoms with Crippen molar-refractivity contribution in [3.8, 4) is 0 Å². The van der Waals surface area contributed by atoms with Gasteiger partial charge in [-0.05, 0) is 79.2 Å². The smallest absolute Gasteiger partial charge is 0.335 e. The molecule has 2 aromatic carbocycles. The number of H-pyrrole nitrogens is 1. The first-order chi connectivity index (χ1) is 15.9. The fourth-order valence-corrected chi connectivity index (χ4v) is 4.21. The van der Waals surface area contributed by atoms with Crippen LogP contribution in [0.2, 0.25) is 0 Å². The van der Waals surface area contributed by atoms with E-state index in [1.54, 1.807) is 24.3 Å². The van der Waals surface area contributed by atoms with Gasteiger partial charge >= 0.3 is 6.03 Å². The van der Waals surface area contributed by atoms with Gasteiger partial charge in [-0.15, -0.1) is 0 Å². The number of carbonyl (C=O) groups is 3. The predicted molar refractivity (Wildman–Crippen MR) is 124 cm³/mol. The molecule has 0 aliphatic carbocycles. The van der Waals surface area contributed by atoms with Crippen molar-refractivity contribution in [2.75, 3.05) is 4.90 Å². The molecule has 0 saturated carbocycles. The van der Waals surface area contributed by atoms with Gasteiger partial charge in [0, 0.05) is 0 Å². The normalized spacial score (nSPS) is 15.5. The molecule has 0 atom stereocenters. The largest absolute Gasteiger partial charge is 0.450 e. The summed E-state index contributed by atoms with van der Waals surface area (Å²) in [7, 11) is 0. The van der Waals surface area contributed by atoms with E-state index in [4.69, 9.17) is 4.42 Å². The Hall–Kier alpha value is -4.11. The van der Waals surface area contributed by atoms with E-state index in [1.165, 1.54) is 17.8 Å². The van der Waals surface area contributed by atoms with Gasteiger partial charge in [0.15, 0.2) is 10.2 Å². The van der Waals surface area contributed by atoms with Crippen LogP contribution in [0, 0.1) is 13.8 Å². The minimum Gasteiger partial charge on any atom is -0.450 e. The number of nitrogens with zero attached hydrogens (tertiary/aromatic N) is 2. The molecular formula is C24H18N4O4S. The first-order valence-corrected chi connectivity index (χ1v) is 10.9. The number of aryl methyl sites for hydroxylation is 2. The first-order valence-electron chi connectivity index (χ1n) is 10.1. The van der Waals surface area contributed by atoms with E-state index in [0.717, 1.165) is 27.1 Å². The molecule has 9 heteroatoms. The second-order valence-electron chi connectivity index (χ2n) is 7.54. The highest BCUT2D eigenvalue weighted by atomic mass is 32.2. The number of hydrogen-bond donors (Lipinski definition) is 2. The second kappa shape index (κ2) is 8.10. The van der Waals surface area contributed by atoms with Gasteiger partial charge < -0.3 is 9.40 Å². The molecule has 3 heterocycles. The average Bonchev–Trinajstić information content (AvgIpc) is 3.39. The summed E-state index contributed by atoms with van der Waals surface area (Å²) in [5, 5.41) is 3.41. The summed E-state index contributed by atoms with van der Waals surface area (Å²) in [6.45, 7) is 3.82. The number of barbiturate groups is 1. The quantitative estimate of drug-likeness (QED) is 0.342. The van der Waals surface area contributed by atoms with Gasteiger partial charge in [0.2, 0.25) is 0 Å². The summed E-state index contributed by atoms with van der Waals surface area (Å²) < 4.78 is 5.78. The van der Waals surface area contributed by atoms with Crippen LogP contribution in [0.1, 0.15) is 16.9 Å². The molecule has 0 unspecified atom stereocenters. The number of imidazole rings is 1. The Labute approximate surface area is 192 Å². The number of furan rings is 1. The van der Waals surface area contributed by atoms with Crippen LogP contribution >= 0.6 is 11.8 Å². The number of benzene rings is 2. The zero-order valence-electron chi connectivity index (χ0n) is 17.7. The predicted octanol–water partition coefficient (Wildman–Crippen LogP) is 4.59. The van der Waals surface area contributed by atoms with Crippen molar-refractivity contribution in [1.29, 1.82) is 0 Å². The van der Waals surface area contributed by atoms with Gasteiger partial charge in [-0.3, -0.25) is 14.9 Å². The van der Waals surface area contributed by atoms with Crippen molar-refractivity contribution >= 4 is 52.4 Å². The third-order valence-corrected chi connectivity index (χ3v) is 6.11. The van der Waals surface area contributed by atoms with Crippen molar-refractivity contribution in [2.24, 2.45) is 0 Å². The molecule has 1 fully saturated rings. The molecule has 2 aromatic heterocycles. The zero-order valence-corrected chi connectivity index (χ0v) is 18.5. The molecule has 0 bridgehead atoms. The number of hydrogen-bond acceptors (Lipinski definition) is 6. The van der Waals surface area contributed by atoms with Gasteiger partial charge in [-0.2, -0.15) is 0 Å². The van der Waals surface area contributed by atoms with E-state index in [9.17, 15) is 14.4 Å². The van der Waals surface area contributed by atoms with Crippen molar-refractivity contribution in [3.63, 3.8) is 0 Å². The number of amides is 4. The van der Waals surface area contributed by atoms with Gasteiger partial charge in [-0.1, -0.05) is 18.2 Å². The first kappa shape index (κ1) is 20.8. The molecule has 0 spiro atoms. The Balaban J connectivity index is 1.41. The summed E-state index contributed by atoms with van der Waals surface area (Å²) in [6.07, 6.45) is 1.33. The molecule has 1 saturated heterocycles. The van der Waals surface area contributed by atoms with Gasteiger partial charge in [0.05, 0.1) is 16.7 Å². The van der Waals surface area contributed by atoms with Gasteiger partial charge in [0.25, 0.3) is 11.8 Å². The molecule has 0 radical (unpaired) electrons. The number of imide groups is 2. The lowest BCUT2D eigenvalue weighted by atomic mass is 10.1. The van der Waals surface area contributed by atoms with Crippen LogP contribution in [0.3, 0.4) is 0 Å². The summed E-state index contributed by atoms with van der Waals surface area (Å²) in [5.41, 5.74) is 3.90. The van der Waals surface area contributed by atoms with Crippen LogP contribution in [0.5, 0.6) is 0 Å². The maximum atomic E-state index is 13.1. The number of anilines is 1. The highest BCUT2D eigenvalue weighted by Crippen LogP contribution is 2.30. The molecule has 164 valence electrons. The van der Waals surface area contributed by atoms with Crippen molar-refractivity contribution in [2.45, 2.75) is 24.1 Å². The second-order valence-corrected chi connectivity index (χ2v) is 8.54. The highest BCUT2D eigenvalue weighted by Gasteiger charge is 2.37. The molecule has 8 nitrogen and oxygen atoms in total. The van der Waals surface area contributed by atoms with E-state index in [1.807, 2.05) is 44.2 Å². The third kappa shape index (κ3) is 3.94. The number of fused-ring (bicyclic) bond motifs is 1. The van der Waals surface area contributed by atoms with Gasteiger partial charge in [-0.25, -0.2) is 14.7 Å². The number of carbonyl (C=O) groups excluding carboxylic acids is 3. The Morgan fingerprint density at radius 1 is 1.00 bits per heavy atom. The minimum atomic E-state index is -0.786. The number of urea groups is 1. The fraction of sp³-hybridized carbons (Fsp3) is 0.0833. The summed E-state index contributed by atoms with van der Waals surface area (Å²) in [4.78, 5) is 46.5. The topological polar surface area (TPSA) is 108 Å². The van der Waals surface area contributed by atoms with Crippen LogP contribution in [0.25, 0.3) is 17.1 Å². The number of aromatic amines is 1. The van der Waals surface area contributed by atoms with Crippen molar-refractivity contribution in [1.82, 2.24) is 15.3 Å². The van der Waals surface area contributed by atoms with E-state index in [0.29, 0.717) is 21.7 Å². The lowest BCUT2D eigenvalue weighted by Crippen LogP contribution is -2.54. The van der Waals surface area contributed by atoms with Crippen LogP contribution in [0.4, 0.5) is 10.5 Å². The zero-order chi connectivity index (χ0) is 23.1. The van der Waals surface area contributed by atoms with E-state index in [2.05, 4.69) is 15.3 Å². The van der Waals surface area contributed by atoms with Crippen LogP contribution < -0.4 is 10.2 Å². The SMILES string of the molecule is Cc1ccc(N2C(=O)NC(=O)/C(=C\c3ccc(Sc4nc5ccccc5[nH]4)o3)C2=O)cc1C. The molecular weight excluding hydrogens is 440 g/mol. The monoisotopic (exact) mass is 458 g/mol.